The maximum absolute atomic E-state index is 9.13. The summed E-state index contributed by atoms with van der Waals surface area (Å²) in [5.41, 5.74) is 8.28. The second kappa shape index (κ2) is 16.6. The molecule has 0 saturated heterocycles. The lowest BCUT2D eigenvalue weighted by atomic mass is 9.95. The van der Waals surface area contributed by atoms with E-state index < -0.39 is 0 Å². The fourth-order valence-corrected chi connectivity index (χ4v) is 5.04. The van der Waals surface area contributed by atoms with E-state index in [0.717, 1.165) is 54.1 Å². The Labute approximate surface area is 242 Å². The van der Waals surface area contributed by atoms with Gasteiger partial charge in [0.25, 0.3) is 0 Å². The van der Waals surface area contributed by atoms with Gasteiger partial charge in [-0.05, 0) is 95.5 Å². The first-order valence-electron chi connectivity index (χ1n) is 15.3. The van der Waals surface area contributed by atoms with Crippen LogP contribution in [-0.4, -0.2) is 6.61 Å². The van der Waals surface area contributed by atoms with Crippen LogP contribution in [0.15, 0.2) is 64.8 Å². The summed E-state index contributed by atoms with van der Waals surface area (Å²) in [7, 11) is 0. The minimum absolute atomic E-state index is 0.341. The van der Waals surface area contributed by atoms with Gasteiger partial charge in [0.15, 0.2) is 0 Å². The van der Waals surface area contributed by atoms with Crippen LogP contribution in [0, 0.1) is 11.3 Å². The molecule has 0 spiro atoms. The van der Waals surface area contributed by atoms with Crippen molar-refractivity contribution in [1.82, 2.24) is 0 Å². The fourth-order valence-electron chi connectivity index (χ4n) is 5.04. The lowest BCUT2D eigenvalue weighted by Gasteiger charge is -2.15. The van der Waals surface area contributed by atoms with E-state index in [0.29, 0.717) is 11.5 Å². The number of benzene rings is 3. The Morgan fingerprint density at radius 3 is 1.93 bits per heavy atom. The van der Waals surface area contributed by atoms with Gasteiger partial charge in [-0.1, -0.05) is 91.7 Å². The summed E-state index contributed by atoms with van der Waals surface area (Å²) < 4.78 is 6.21. The fraction of sp³-hybridized carbons (Fsp3) is 0.472. The monoisotopic (exact) mass is 537 g/mol. The third-order valence-electron chi connectivity index (χ3n) is 7.51. The Morgan fingerprint density at radius 2 is 1.35 bits per heavy atom. The number of aryl methyl sites for hydroxylation is 2. The maximum atomic E-state index is 9.13. The van der Waals surface area contributed by atoms with Crippen LogP contribution in [0.25, 0.3) is 11.1 Å². The highest BCUT2D eigenvalue weighted by Gasteiger charge is 2.12. The average molecular weight is 538 g/mol. The molecule has 0 unspecified atom stereocenters. The van der Waals surface area contributed by atoms with Crippen LogP contribution in [-0.2, 0) is 12.8 Å². The first-order chi connectivity index (χ1) is 19.5. The quantitative estimate of drug-likeness (QED) is 0.135. The van der Waals surface area contributed by atoms with Crippen LogP contribution in [0.5, 0.6) is 5.75 Å². The zero-order chi connectivity index (χ0) is 28.7. The van der Waals surface area contributed by atoms with Crippen molar-refractivity contribution in [3.8, 4) is 22.9 Å². The second-order valence-electron chi connectivity index (χ2n) is 10.9. The molecule has 0 aromatic heterocycles. The number of hydrogen-bond acceptors (Lipinski definition) is 4. The van der Waals surface area contributed by atoms with Crippen LogP contribution in [0.2, 0.25) is 0 Å². The minimum atomic E-state index is 0.341. The Bertz CT molecular complexity index is 1240. The van der Waals surface area contributed by atoms with Crippen molar-refractivity contribution in [2.45, 2.75) is 105 Å². The molecule has 0 heterocycles. The molecule has 3 rings (SSSR count). The van der Waals surface area contributed by atoms with Crippen molar-refractivity contribution >= 4 is 11.4 Å². The summed E-state index contributed by atoms with van der Waals surface area (Å²) in [6.45, 7) is 11.7. The van der Waals surface area contributed by atoms with E-state index in [4.69, 9.17) is 15.1 Å². The van der Waals surface area contributed by atoms with Crippen molar-refractivity contribution in [2.24, 2.45) is 10.2 Å². The van der Waals surface area contributed by atoms with E-state index in [1.165, 1.54) is 61.6 Å². The normalized spacial score (nSPS) is 11.3. The van der Waals surface area contributed by atoms with Gasteiger partial charge in [-0.25, -0.2) is 0 Å². The van der Waals surface area contributed by atoms with E-state index in [9.17, 15) is 0 Å². The largest absolute Gasteiger partial charge is 0.493 e. The van der Waals surface area contributed by atoms with Crippen molar-refractivity contribution in [1.29, 1.82) is 5.26 Å². The summed E-state index contributed by atoms with van der Waals surface area (Å²) in [4.78, 5) is 0. The molecule has 212 valence electrons. The molecule has 0 aliphatic carbocycles. The van der Waals surface area contributed by atoms with Crippen LogP contribution < -0.4 is 4.74 Å². The number of ether oxygens (including phenoxy) is 1. The van der Waals surface area contributed by atoms with Crippen LogP contribution in [0.4, 0.5) is 11.4 Å². The predicted octanol–water partition coefficient (Wildman–Crippen LogP) is 11.4. The molecule has 0 atom stereocenters. The van der Waals surface area contributed by atoms with Crippen molar-refractivity contribution in [3.05, 3.63) is 76.9 Å². The van der Waals surface area contributed by atoms with Crippen LogP contribution in [0.1, 0.15) is 114 Å². The molecule has 0 aliphatic heterocycles. The number of nitrogens with zero attached hydrogens (tertiary/aromatic N) is 3. The molecule has 0 fully saturated rings. The van der Waals surface area contributed by atoms with E-state index in [1.807, 2.05) is 30.3 Å². The molecule has 4 heteroatoms. The third-order valence-corrected chi connectivity index (χ3v) is 7.51. The number of azo groups is 1. The summed E-state index contributed by atoms with van der Waals surface area (Å²) >= 11 is 0. The Hall–Kier alpha value is -3.45. The number of unbranched alkanes of at least 4 members (excludes halogenated alkanes) is 7. The van der Waals surface area contributed by atoms with E-state index in [2.05, 4.69) is 70.1 Å². The number of rotatable bonds is 16. The predicted molar refractivity (Wildman–Crippen MR) is 168 cm³/mol. The van der Waals surface area contributed by atoms with Gasteiger partial charge in [0, 0.05) is 0 Å². The van der Waals surface area contributed by atoms with Crippen molar-refractivity contribution < 1.29 is 4.74 Å². The standard InChI is InChI=1S/C36H47N3O/c1-6-9-10-11-12-13-14-15-22-40-35-21-20-33(25-34(35)27(4)5)38-39-36-29(7-2)23-32(24-30(36)8-3)31-18-16-28(26-37)17-19-31/h16-21,23-25,27H,6-15,22H2,1-5H3. The van der Waals surface area contributed by atoms with Crippen molar-refractivity contribution in [3.63, 3.8) is 0 Å². The molecular formula is C36H47N3O. The molecule has 0 N–H and O–H groups in total. The summed E-state index contributed by atoms with van der Waals surface area (Å²) in [5.74, 6) is 1.31. The molecule has 40 heavy (non-hydrogen) atoms. The van der Waals surface area contributed by atoms with E-state index in [-0.39, 0.29) is 0 Å². The number of hydrogen-bond donors (Lipinski definition) is 0. The third kappa shape index (κ3) is 9.05. The smallest absolute Gasteiger partial charge is 0.122 e. The highest BCUT2D eigenvalue weighted by atomic mass is 16.5. The molecule has 0 aliphatic rings. The summed E-state index contributed by atoms with van der Waals surface area (Å²) in [5, 5.41) is 18.6. The molecule has 0 radical (unpaired) electrons. The summed E-state index contributed by atoms with van der Waals surface area (Å²) in [6.07, 6.45) is 12.1. The van der Waals surface area contributed by atoms with Gasteiger partial charge >= 0.3 is 0 Å². The molecule has 0 saturated carbocycles. The van der Waals surface area contributed by atoms with Gasteiger partial charge < -0.3 is 4.74 Å². The molecule has 0 bridgehead atoms. The van der Waals surface area contributed by atoms with Crippen LogP contribution >= 0.6 is 0 Å². The van der Waals surface area contributed by atoms with E-state index in [1.54, 1.807) is 0 Å². The van der Waals surface area contributed by atoms with Crippen LogP contribution in [0.3, 0.4) is 0 Å². The summed E-state index contributed by atoms with van der Waals surface area (Å²) in [6, 6.07) is 20.6. The van der Waals surface area contributed by atoms with Gasteiger partial charge in [0.05, 0.1) is 29.6 Å². The average Bonchev–Trinajstić information content (AvgIpc) is 2.99. The Morgan fingerprint density at radius 1 is 0.725 bits per heavy atom. The maximum Gasteiger partial charge on any atom is 0.122 e. The molecule has 3 aromatic rings. The molecule has 3 aromatic carbocycles. The zero-order valence-corrected chi connectivity index (χ0v) is 25.3. The van der Waals surface area contributed by atoms with Crippen molar-refractivity contribution in [2.75, 3.05) is 6.61 Å². The molecule has 0 amide bonds. The Kier molecular flexibility index (Phi) is 12.9. The van der Waals surface area contributed by atoms with Gasteiger partial charge in [-0.15, -0.1) is 5.11 Å². The Balaban J connectivity index is 1.71. The first-order valence-corrected chi connectivity index (χ1v) is 15.3. The first kappa shape index (κ1) is 31.1. The van der Waals surface area contributed by atoms with Gasteiger partial charge in [-0.2, -0.15) is 10.4 Å². The highest BCUT2D eigenvalue weighted by Crippen LogP contribution is 2.35. The van der Waals surface area contributed by atoms with Gasteiger partial charge in [0.2, 0.25) is 0 Å². The second-order valence-corrected chi connectivity index (χ2v) is 10.9. The minimum Gasteiger partial charge on any atom is -0.493 e. The molecular weight excluding hydrogens is 490 g/mol. The van der Waals surface area contributed by atoms with Gasteiger partial charge in [-0.3, -0.25) is 0 Å². The SMILES string of the molecule is CCCCCCCCCCOc1ccc(N=Nc2c(CC)cc(-c3ccc(C#N)cc3)cc2CC)cc1C(C)C. The highest BCUT2D eigenvalue weighted by molar-refractivity contribution is 5.71. The van der Waals surface area contributed by atoms with Gasteiger partial charge in [0.1, 0.15) is 5.75 Å². The topological polar surface area (TPSA) is 57.7 Å². The van der Waals surface area contributed by atoms with E-state index >= 15 is 0 Å². The number of nitriles is 1. The lowest BCUT2D eigenvalue weighted by Crippen LogP contribution is -2.01. The molecule has 4 nitrogen and oxygen atoms in total. The lowest BCUT2D eigenvalue weighted by molar-refractivity contribution is 0.300. The zero-order valence-electron chi connectivity index (χ0n) is 25.3.